The molecule has 0 spiro atoms. The number of pyridine rings is 1. The molecule has 1 aliphatic rings. The highest BCUT2D eigenvalue weighted by atomic mass is 35.5. The number of hydrogen-bond donors (Lipinski definition) is 1. The molecule has 0 aliphatic carbocycles. The summed E-state index contributed by atoms with van der Waals surface area (Å²) in [6.07, 6.45) is 4.32. The maximum absolute atomic E-state index is 6.20. The third kappa shape index (κ3) is 3.59. The third-order valence-corrected chi connectivity index (χ3v) is 3.56. The molecule has 4 heteroatoms. The van der Waals surface area contributed by atoms with Crippen LogP contribution in [-0.2, 0) is 6.54 Å². The van der Waals surface area contributed by atoms with Gasteiger partial charge in [-0.3, -0.25) is 0 Å². The van der Waals surface area contributed by atoms with Crippen molar-refractivity contribution in [3.8, 4) is 0 Å². The summed E-state index contributed by atoms with van der Waals surface area (Å²) in [5, 5.41) is 4.19. The number of aromatic nitrogens is 1. The standard InChI is InChI=1S/C14H22ClN3/c1-11(2)8-16-9-12-7-14(17-10-13(12)15)18-5-3-4-6-18/h7,10-11,16H,3-6,8-9H2,1-2H3. The molecular formula is C14H22ClN3. The van der Waals surface area contributed by atoms with Gasteiger partial charge in [-0.05, 0) is 36.9 Å². The van der Waals surface area contributed by atoms with Crippen LogP contribution in [0.25, 0.3) is 0 Å². The van der Waals surface area contributed by atoms with Crippen molar-refractivity contribution in [1.29, 1.82) is 0 Å². The highest BCUT2D eigenvalue weighted by Crippen LogP contribution is 2.23. The summed E-state index contributed by atoms with van der Waals surface area (Å²) in [5.74, 6) is 1.72. The van der Waals surface area contributed by atoms with E-state index in [9.17, 15) is 0 Å². The molecule has 1 aromatic heterocycles. The Bertz CT molecular complexity index is 387. The van der Waals surface area contributed by atoms with Gasteiger partial charge in [-0.1, -0.05) is 25.4 Å². The quantitative estimate of drug-likeness (QED) is 0.889. The topological polar surface area (TPSA) is 28.2 Å². The molecule has 3 nitrogen and oxygen atoms in total. The zero-order valence-electron chi connectivity index (χ0n) is 11.2. The van der Waals surface area contributed by atoms with Gasteiger partial charge in [0.05, 0.1) is 5.02 Å². The monoisotopic (exact) mass is 267 g/mol. The van der Waals surface area contributed by atoms with Gasteiger partial charge in [0.15, 0.2) is 0 Å². The van der Waals surface area contributed by atoms with E-state index >= 15 is 0 Å². The zero-order valence-corrected chi connectivity index (χ0v) is 12.0. The van der Waals surface area contributed by atoms with E-state index < -0.39 is 0 Å². The van der Waals surface area contributed by atoms with E-state index in [0.29, 0.717) is 5.92 Å². The lowest BCUT2D eigenvalue weighted by molar-refractivity contribution is 0.552. The summed E-state index contributed by atoms with van der Waals surface area (Å²) in [7, 11) is 0. The smallest absolute Gasteiger partial charge is 0.128 e. The maximum atomic E-state index is 6.20. The van der Waals surface area contributed by atoms with Crippen LogP contribution in [0.2, 0.25) is 5.02 Å². The Balaban J connectivity index is 2.01. The second kappa shape index (κ2) is 6.39. The lowest BCUT2D eigenvalue weighted by Gasteiger charge is -2.18. The number of nitrogens with one attached hydrogen (secondary N) is 1. The molecule has 0 bridgehead atoms. The average Bonchev–Trinajstić information content (AvgIpc) is 2.84. The number of anilines is 1. The van der Waals surface area contributed by atoms with Crippen molar-refractivity contribution < 1.29 is 0 Å². The number of nitrogens with zero attached hydrogens (tertiary/aromatic N) is 2. The van der Waals surface area contributed by atoms with Gasteiger partial charge in [0.2, 0.25) is 0 Å². The predicted molar refractivity (Wildman–Crippen MR) is 77.2 cm³/mol. The highest BCUT2D eigenvalue weighted by molar-refractivity contribution is 6.31. The van der Waals surface area contributed by atoms with Crippen LogP contribution in [0.5, 0.6) is 0 Å². The van der Waals surface area contributed by atoms with E-state index in [-0.39, 0.29) is 0 Å². The second-order valence-corrected chi connectivity index (χ2v) is 5.76. The average molecular weight is 268 g/mol. The van der Waals surface area contributed by atoms with Crippen LogP contribution >= 0.6 is 11.6 Å². The van der Waals surface area contributed by atoms with Crippen LogP contribution in [0.15, 0.2) is 12.3 Å². The Hall–Kier alpha value is -0.800. The van der Waals surface area contributed by atoms with Crippen molar-refractivity contribution in [2.24, 2.45) is 5.92 Å². The second-order valence-electron chi connectivity index (χ2n) is 5.35. The minimum absolute atomic E-state index is 0.656. The summed E-state index contributed by atoms with van der Waals surface area (Å²) >= 11 is 6.20. The van der Waals surface area contributed by atoms with E-state index in [1.807, 2.05) is 0 Å². The molecule has 2 heterocycles. The molecule has 1 N–H and O–H groups in total. The van der Waals surface area contributed by atoms with Crippen LogP contribution in [0, 0.1) is 5.92 Å². The number of rotatable bonds is 5. The number of halogens is 1. The van der Waals surface area contributed by atoms with Crippen molar-refractivity contribution >= 4 is 17.4 Å². The van der Waals surface area contributed by atoms with Gasteiger partial charge in [-0.15, -0.1) is 0 Å². The molecule has 2 rings (SSSR count). The van der Waals surface area contributed by atoms with E-state index in [2.05, 4.69) is 35.1 Å². The van der Waals surface area contributed by atoms with Crippen molar-refractivity contribution in [2.45, 2.75) is 33.2 Å². The first kappa shape index (κ1) is 13.6. The zero-order chi connectivity index (χ0) is 13.0. The van der Waals surface area contributed by atoms with Crippen molar-refractivity contribution in [1.82, 2.24) is 10.3 Å². The first-order valence-corrected chi connectivity index (χ1v) is 7.14. The molecule has 0 amide bonds. The van der Waals surface area contributed by atoms with Crippen LogP contribution < -0.4 is 10.2 Å². The molecule has 1 saturated heterocycles. The van der Waals surface area contributed by atoms with Crippen molar-refractivity contribution in [3.05, 3.63) is 22.8 Å². The summed E-state index contributed by atoms with van der Waals surface area (Å²) in [5.41, 5.74) is 1.15. The van der Waals surface area contributed by atoms with E-state index in [1.54, 1.807) is 6.20 Å². The van der Waals surface area contributed by atoms with Gasteiger partial charge < -0.3 is 10.2 Å². The van der Waals surface area contributed by atoms with Gasteiger partial charge in [-0.25, -0.2) is 4.98 Å². The fourth-order valence-corrected chi connectivity index (χ4v) is 2.39. The third-order valence-electron chi connectivity index (χ3n) is 3.22. The van der Waals surface area contributed by atoms with Crippen molar-refractivity contribution in [2.75, 3.05) is 24.5 Å². The van der Waals surface area contributed by atoms with Gasteiger partial charge in [0, 0.05) is 25.8 Å². The SMILES string of the molecule is CC(C)CNCc1cc(N2CCCC2)ncc1Cl. The predicted octanol–water partition coefficient (Wildman–Crippen LogP) is 3.08. The van der Waals surface area contributed by atoms with Crippen molar-refractivity contribution in [3.63, 3.8) is 0 Å². The minimum Gasteiger partial charge on any atom is -0.357 e. The molecule has 0 unspecified atom stereocenters. The summed E-state index contributed by atoms with van der Waals surface area (Å²) in [6, 6.07) is 2.13. The molecule has 0 atom stereocenters. The lowest BCUT2D eigenvalue weighted by atomic mass is 10.2. The van der Waals surface area contributed by atoms with Crippen LogP contribution in [-0.4, -0.2) is 24.6 Å². The first-order chi connectivity index (χ1) is 8.66. The molecule has 0 aromatic carbocycles. The fourth-order valence-electron chi connectivity index (χ4n) is 2.22. The van der Waals surface area contributed by atoms with Gasteiger partial charge in [0.25, 0.3) is 0 Å². The molecule has 18 heavy (non-hydrogen) atoms. The Morgan fingerprint density at radius 1 is 1.39 bits per heavy atom. The summed E-state index contributed by atoms with van der Waals surface area (Å²) < 4.78 is 0. The Morgan fingerprint density at radius 3 is 2.78 bits per heavy atom. The summed E-state index contributed by atoms with van der Waals surface area (Å²) in [6.45, 7) is 8.48. The van der Waals surface area contributed by atoms with E-state index in [1.165, 1.54) is 12.8 Å². The van der Waals surface area contributed by atoms with Crippen LogP contribution in [0.4, 0.5) is 5.82 Å². The summed E-state index contributed by atoms with van der Waals surface area (Å²) in [4.78, 5) is 6.77. The lowest BCUT2D eigenvalue weighted by Crippen LogP contribution is -2.21. The molecule has 0 radical (unpaired) electrons. The van der Waals surface area contributed by atoms with E-state index in [4.69, 9.17) is 11.6 Å². The normalized spacial score (nSPS) is 15.7. The van der Waals surface area contributed by atoms with Gasteiger partial charge in [-0.2, -0.15) is 0 Å². The van der Waals surface area contributed by atoms with E-state index in [0.717, 1.165) is 42.6 Å². The molecule has 0 saturated carbocycles. The maximum Gasteiger partial charge on any atom is 0.128 e. The molecule has 1 aliphatic heterocycles. The van der Waals surface area contributed by atoms with Crippen LogP contribution in [0.1, 0.15) is 32.3 Å². The molecule has 100 valence electrons. The Morgan fingerprint density at radius 2 is 2.11 bits per heavy atom. The minimum atomic E-state index is 0.656. The Labute approximate surface area is 115 Å². The first-order valence-electron chi connectivity index (χ1n) is 6.77. The number of hydrogen-bond acceptors (Lipinski definition) is 3. The fraction of sp³-hybridized carbons (Fsp3) is 0.643. The van der Waals surface area contributed by atoms with Gasteiger partial charge >= 0.3 is 0 Å². The largest absolute Gasteiger partial charge is 0.357 e. The molecule has 1 aromatic rings. The van der Waals surface area contributed by atoms with Crippen LogP contribution in [0.3, 0.4) is 0 Å². The Kier molecular flexibility index (Phi) is 4.84. The molecule has 1 fully saturated rings. The molecular weight excluding hydrogens is 246 g/mol. The highest BCUT2D eigenvalue weighted by Gasteiger charge is 2.14. The van der Waals surface area contributed by atoms with Gasteiger partial charge in [0.1, 0.15) is 5.82 Å².